The lowest BCUT2D eigenvalue weighted by Gasteiger charge is -2.35. The smallest absolute Gasteiger partial charge is 0.310 e. The van der Waals surface area contributed by atoms with Crippen molar-refractivity contribution in [3.63, 3.8) is 0 Å². The number of hydrogen-bond donors (Lipinski definition) is 0. The molecule has 2 fully saturated rings. The van der Waals surface area contributed by atoms with Crippen LogP contribution in [-0.2, 0) is 14.3 Å². The van der Waals surface area contributed by atoms with Crippen molar-refractivity contribution in [1.82, 2.24) is 0 Å². The molecule has 0 aromatic rings. The Morgan fingerprint density at radius 3 is 1.95 bits per heavy atom. The second-order valence-electron chi connectivity index (χ2n) is 8.39. The van der Waals surface area contributed by atoms with E-state index in [2.05, 4.69) is 6.92 Å². The van der Waals surface area contributed by atoms with Crippen LogP contribution >= 0.6 is 0 Å². The zero-order valence-corrected chi connectivity index (χ0v) is 14.7. The highest BCUT2D eigenvalue weighted by Crippen LogP contribution is 2.38. The molecule has 3 heteroatoms. The van der Waals surface area contributed by atoms with Gasteiger partial charge in [-0.2, -0.15) is 0 Å². The zero-order valence-electron chi connectivity index (χ0n) is 14.7. The summed E-state index contributed by atoms with van der Waals surface area (Å²) in [6, 6.07) is 0. The van der Waals surface area contributed by atoms with Gasteiger partial charge in [0.25, 0.3) is 0 Å². The molecule has 0 bridgehead atoms. The summed E-state index contributed by atoms with van der Waals surface area (Å²) in [6.07, 6.45) is 8.12. The van der Waals surface area contributed by atoms with Gasteiger partial charge >= 0.3 is 5.97 Å². The molecule has 0 unspecified atom stereocenters. The summed E-state index contributed by atoms with van der Waals surface area (Å²) in [5.74, 6) is 0.820. The molecule has 0 heterocycles. The third-order valence-electron chi connectivity index (χ3n) is 5.26. The molecule has 0 aliphatic heterocycles. The van der Waals surface area contributed by atoms with Gasteiger partial charge in [-0.15, -0.1) is 0 Å². The van der Waals surface area contributed by atoms with Crippen LogP contribution in [0, 0.1) is 23.7 Å². The average Bonchev–Trinajstić information content (AvgIpc) is 2.45. The van der Waals surface area contributed by atoms with E-state index in [1.165, 1.54) is 0 Å². The molecule has 0 aromatic heterocycles. The molecule has 0 saturated heterocycles. The summed E-state index contributed by atoms with van der Waals surface area (Å²) in [7, 11) is 0. The largest absolute Gasteiger partial charge is 0.460 e. The van der Waals surface area contributed by atoms with Crippen LogP contribution in [0.2, 0.25) is 0 Å². The molecule has 2 aliphatic rings. The molecule has 0 spiro atoms. The lowest BCUT2D eigenvalue weighted by Crippen LogP contribution is -2.40. The minimum absolute atomic E-state index is 0.0954. The quantitative estimate of drug-likeness (QED) is 0.719. The molecule has 126 valence electrons. The van der Waals surface area contributed by atoms with Gasteiger partial charge in [0.1, 0.15) is 11.4 Å². The van der Waals surface area contributed by atoms with Gasteiger partial charge in [-0.05, 0) is 52.4 Å². The van der Waals surface area contributed by atoms with E-state index in [4.69, 9.17) is 4.74 Å². The average molecular weight is 308 g/mol. The van der Waals surface area contributed by atoms with Gasteiger partial charge in [0.15, 0.2) is 0 Å². The summed E-state index contributed by atoms with van der Waals surface area (Å²) in [5.41, 5.74) is -0.470. The van der Waals surface area contributed by atoms with Crippen LogP contribution in [0.5, 0.6) is 0 Å². The van der Waals surface area contributed by atoms with E-state index >= 15 is 0 Å². The highest BCUT2D eigenvalue weighted by Gasteiger charge is 2.40. The molecule has 3 nitrogen and oxygen atoms in total. The first-order valence-corrected chi connectivity index (χ1v) is 9.04. The Morgan fingerprint density at radius 1 is 0.864 bits per heavy atom. The Balaban J connectivity index is 2.02. The Bertz CT molecular complexity index is 399. The van der Waals surface area contributed by atoms with Crippen LogP contribution in [-0.4, -0.2) is 17.4 Å². The molecule has 22 heavy (non-hydrogen) atoms. The second kappa shape index (κ2) is 7.14. The molecule has 0 aromatic carbocycles. The van der Waals surface area contributed by atoms with Gasteiger partial charge in [0.2, 0.25) is 0 Å². The molecule has 2 aliphatic carbocycles. The first-order valence-electron chi connectivity index (χ1n) is 9.04. The van der Waals surface area contributed by atoms with Crippen molar-refractivity contribution in [2.75, 3.05) is 0 Å². The maximum Gasteiger partial charge on any atom is 0.310 e. The van der Waals surface area contributed by atoms with Crippen molar-refractivity contribution in [3.8, 4) is 0 Å². The lowest BCUT2D eigenvalue weighted by atomic mass is 9.70. The summed E-state index contributed by atoms with van der Waals surface area (Å²) >= 11 is 0. The Morgan fingerprint density at radius 2 is 1.41 bits per heavy atom. The minimum Gasteiger partial charge on any atom is -0.460 e. The lowest BCUT2D eigenvalue weighted by molar-refractivity contribution is -0.165. The van der Waals surface area contributed by atoms with Crippen molar-refractivity contribution >= 4 is 11.8 Å². The summed E-state index contributed by atoms with van der Waals surface area (Å²) in [6.45, 7) is 7.96. The van der Waals surface area contributed by atoms with Gasteiger partial charge < -0.3 is 4.74 Å². The summed E-state index contributed by atoms with van der Waals surface area (Å²) < 4.78 is 5.57. The van der Waals surface area contributed by atoms with Crippen molar-refractivity contribution in [1.29, 1.82) is 0 Å². The molecule has 2 saturated carbocycles. The molecular weight excluding hydrogens is 276 g/mol. The fourth-order valence-corrected chi connectivity index (χ4v) is 3.98. The highest BCUT2D eigenvalue weighted by atomic mass is 16.6. The van der Waals surface area contributed by atoms with Crippen LogP contribution in [0.3, 0.4) is 0 Å². The van der Waals surface area contributed by atoms with Crippen molar-refractivity contribution < 1.29 is 14.3 Å². The van der Waals surface area contributed by atoms with E-state index in [1.807, 2.05) is 20.8 Å². The van der Waals surface area contributed by atoms with Gasteiger partial charge in [-0.25, -0.2) is 0 Å². The van der Waals surface area contributed by atoms with Gasteiger partial charge in [-0.1, -0.05) is 32.6 Å². The Kier molecular flexibility index (Phi) is 5.68. The maximum absolute atomic E-state index is 12.9. The van der Waals surface area contributed by atoms with Crippen molar-refractivity contribution in [3.05, 3.63) is 0 Å². The van der Waals surface area contributed by atoms with Crippen LogP contribution in [0.25, 0.3) is 0 Å². The first-order chi connectivity index (χ1) is 10.3. The molecule has 0 radical (unpaired) electrons. The van der Waals surface area contributed by atoms with E-state index in [9.17, 15) is 9.59 Å². The van der Waals surface area contributed by atoms with E-state index < -0.39 is 5.60 Å². The Hall–Kier alpha value is -0.860. The van der Waals surface area contributed by atoms with E-state index in [0.29, 0.717) is 5.78 Å². The zero-order chi connectivity index (χ0) is 16.3. The number of rotatable bonds is 3. The number of carbonyl (C=O) groups excluding carboxylic acids is 2. The van der Waals surface area contributed by atoms with Crippen LogP contribution < -0.4 is 0 Å². The molecular formula is C19H32O3. The first kappa shape index (κ1) is 17.5. The number of Topliss-reactive ketones (excluding diaryl/α,β-unsaturated/α-hetero) is 1. The normalized spacial score (nSPS) is 33.3. The van der Waals surface area contributed by atoms with Gasteiger partial charge in [0.05, 0.1) is 5.92 Å². The summed E-state index contributed by atoms with van der Waals surface area (Å²) in [5, 5.41) is 0. The Labute approximate surface area is 135 Å². The molecule has 0 amide bonds. The SMILES string of the molecule is CC1CCC(C(=O)[C@@H]2CCCC[C@@H]2C(=O)OC(C)(C)C)CC1. The third kappa shape index (κ3) is 4.57. The molecule has 2 atom stereocenters. The van der Waals surface area contributed by atoms with E-state index in [1.54, 1.807) is 0 Å². The third-order valence-corrected chi connectivity index (χ3v) is 5.26. The van der Waals surface area contributed by atoms with Gasteiger partial charge in [-0.3, -0.25) is 9.59 Å². The van der Waals surface area contributed by atoms with Gasteiger partial charge in [0, 0.05) is 11.8 Å². The standard InChI is InChI=1S/C19H32O3/c1-13-9-11-14(12-10-13)17(20)15-7-5-6-8-16(15)18(21)22-19(2,3)4/h13-16H,5-12H2,1-4H3/t13?,14?,15-,16+/m1/s1. The van der Waals surface area contributed by atoms with E-state index in [0.717, 1.165) is 57.3 Å². The molecule has 0 N–H and O–H groups in total. The summed E-state index contributed by atoms with van der Waals surface area (Å²) in [4.78, 5) is 25.4. The van der Waals surface area contributed by atoms with E-state index in [-0.39, 0.29) is 23.7 Å². The van der Waals surface area contributed by atoms with Crippen molar-refractivity contribution in [2.45, 2.75) is 84.7 Å². The molecule has 2 rings (SSSR count). The predicted molar refractivity (Wildman–Crippen MR) is 87.4 cm³/mol. The number of ether oxygens (including phenoxy) is 1. The predicted octanol–water partition coefficient (Wildman–Crippen LogP) is 4.53. The highest BCUT2D eigenvalue weighted by molar-refractivity contribution is 5.88. The number of carbonyl (C=O) groups is 2. The number of hydrogen-bond acceptors (Lipinski definition) is 3. The van der Waals surface area contributed by atoms with Crippen LogP contribution in [0.15, 0.2) is 0 Å². The topological polar surface area (TPSA) is 43.4 Å². The van der Waals surface area contributed by atoms with Crippen molar-refractivity contribution in [2.24, 2.45) is 23.7 Å². The number of esters is 1. The second-order valence-corrected chi connectivity index (χ2v) is 8.39. The monoisotopic (exact) mass is 308 g/mol. The fraction of sp³-hybridized carbons (Fsp3) is 0.895. The fourth-order valence-electron chi connectivity index (χ4n) is 3.98. The van der Waals surface area contributed by atoms with Crippen LogP contribution in [0.1, 0.15) is 79.1 Å². The number of ketones is 1. The minimum atomic E-state index is -0.470. The maximum atomic E-state index is 12.9. The van der Waals surface area contributed by atoms with Crippen LogP contribution in [0.4, 0.5) is 0 Å².